The molecule has 1 aromatic carbocycles. The van der Waals surface area contributed by atoms with Gasteiger partial charge in [-0.05, 0) is 37.1 Å². The number of amides is 1. The minimum Gasteiger partial charge on any atom is -0.435 e. The predicted octanol–water partition coefficient (Wildman–Crippen LogP) is 2.81. The van der Waals surface area contributed by atoms with Crippen molar-refractivity contribution < 1.29 is 23.0 Å². The summed E-state index contributed by atoms with van der Waals surface area (Å²) in [4.78, 5) is 12.1. The van der Waals surface area contributed by atoms with Crippen LogP contribution in [-0.4, -0.2) is 31.4 Å². The quantitative estimate of drug-likeness (QED) is 0.859. The number of nitrogens with zero attached hydrogens (tertiary/aromatic N) is 2. The Hall–Kier alpha value is -2.02. The lowest BCUT2D eigenvalue weighted by Gasteiger charge is -2.21. The molecule has 2 aliphatic rings. The maximum atomic E-state index is 12.1. The van der Waals surface area contributed by atoms with Crippen molar-refractivity contribution in [2.45, 2.75) is 25.9 Å². The average molecular weight is 310 g/mol. The summed E-state index contributed by atoms with van der Waals surface area (Å²) in [5.41, 5.74) is 1.43. The summed E-state index contributed by atoms with van der Waals surface area (Å²) in [5.74, 6) is 0.229. The van der Waals surface area contributed by atoms with Crippen molar-refractivity contribution in [2.24, 2.45) is 11.0 Å². The Morgan fingerprint density at radius 3 is 2.55 bits per heavy atom. The number of halogens is 2. The molecule has 22 heavy (non-hydrogen) atoms. The predicted molar refractivity (Wildman–Crippen MR) is 76.2 cm³/mol. The van der Waals surface area contributed by atoms with Crippen LogP contribution in [0.15, 0.2) is 29.4 Å². The molecule has 0 N–H and O–H groups in total. The van der Waals surface area contributed by atoms with Crippen LogP contribution in [0.1, 0.15) is 19.3 Å². The SMILES string of the molecule is O=C1CC(C2CCOCC2)=NN1c1ccc(OC(F)F)cc1. The van der Waals surface area contributed by atoms with Crippen molar-refractivity contribution in [3.05, 3.63) is 24.3 Å². The molecule has 7 heteroatoms. The number of rotatable bonds is 4. The van der Waals surface area contributed by atoms with Crippen LogP contribution < -0.4 is 9.75 Å². The molecule has 0 aromatic heterocycles. The van der Waals surface area contributed by atoms with Gasteiger partial charge in [0.05, 0.1) is 17.8 Å². The minimum atomic E-state index is -2.86. The average Bonchev–Trinajstić information content (AvgIpc) is 2.90. The van der Waals surface area contributed by atoms with Crippen LogP contribution in [0, 0.1) is 5.92 Å². The third-order valence-electron chi connectivity index (χ3n) is 3.80. The topological polar surface area (TPSA) is 51.1 Å². The molecule has 0 bridgehead atoms. The van der Waals surface area contributed by atoms with Gasteiger partial charge in [0, 0.05) is 19.1 Å². The van der Waals surface area contributed by atoms with Crippen molar-refractivity contribution in [3.8, 4) is 5.75 Å². The van der Waals surface area contributed by atoms with Crippen LogP contribution >= 0.6 is 0 Å². The van der Waals surface area contributed by atoms with E-state index in [4.69, 9.17) is 4.74 Å². The molecule has 1 fully saturated rings. The number of hydrogen-bond acceptors (Lipinski definition) is 4. The van der Waals surface area contributed by atoms with Gasteiger partial charge in [0.1, 0.15) is 5.75 Å². The summed E-state index contributed by atoms with van der Waals surface area (Å²) in [6.07, 6.45) is 2.06. The van der Waals surface area contributed by atoms with Gasteiger partial charge in [0.2, 0.25) is 0 Å². The first-order valence-corrected chi connectivity index (χ1v) is 7.16. The molecule has 0 aliphatic carbocycles. The lowest BCUT2D eigenvalue weighted by atomic mass is 9.93. The lowest BCUT2D eigenvalue weighted by Crippen LogP contribution is -2.23. The number of alkyl halides is 2. The number of anilines is 1. The molecule has 0 spiro atoms. The number of carbonyl (C=O) groups excluding carboxylic acids is 1. The van der Waals surface area contributed by atoms with Gasteiger partial charge >= 0.3 is 6.61 Å². The molecular weight excluding hydrogens is 294 g/mol. The van der Waals surface area contributed by atoms with Gasteiger partial charge in [0.25, 0.3) is 5.91 Å². The zero-order valence-electron chi connectivity index (χ0n) is 11.9. The van der Waals surface area contributed by atoms with Crippen molar-refractivity contribution in [1.82, 2.24) is 0 Å². The Labute approximate surface area is 126 Å². The molecular formula is C15H16F2N2O3. The van der Waals surface area contributed by atoms with Crippen molar-refractivity contribution in [1.29, 1.82) is 0 Å². The Kier molecular flexibility index (Phi) is 4.33. The summed E-state index contributed by atoms with van der Waals surface area (Å²) >= 11 is 0. The maximum Gasteiger partial charge on any atom is 0.387 e. The number of carbonyl (C=O) groups is 1. The van der Waals surface area contributed by atoms with Gasteiger partial charge in [-0.15, -0.1) is 0 Å². The Bertz CT molecular complexity index is 569. The smallest absolute Gasteiger partial charge is 0.387 e. The van der Waals surface area contributed by atoms with E-state index in [0.29, 0.717) is 25.3 Å². The summed E-state index contributed by atoms with van der Waals surface area (Å²) in [6, 6.07) is 5.89. The van der Waals surface area contributed by atoms with E-state index in [2.05, 4.69) is 9.84 Å². The molecule has 3 rings (SSSR count). The first-order valence-electron chi connectivity index (χ1n) is 7.16. The molecule has 0 radical (unpaired) electrons. The van der Waals surface area contributed by atoms with Gasteiger partial charge in [-0.25, -0.2) is 5.01 Å². The molecule has 1 amide bonds. The van der Waals surface area contributed by atoms with Gasteiger partial charge in [-0.1, -0.05) is 0 Å². The molecule has 0 saturated carbocycles. The second kappa shape index (κ2) is 6.39. The first-order chi connectivity index (χ1) is 10.6. The fourth-order valence-electron chi connectivity index (χ4n) is 2.68. The third-order valence-corrected chi connectivity index (χ3v) is 3.80. The number of hydrazone groups is 1. The van der Waals surface area contributed by atoms with Gasteiger partial charge in [-0.2, -0.15) is 13.9 Å². The van der Waals surface area contributed by atoms with Crippen molar-refractivity contribution in [2.75, 3.05) is 18.2 Å². The number of benzene rings is 1. The van der Waals surface area contributed by atoms with Gasteiger partial charge < -0.3 is 9.47 Å². The number of hydrogen-bond donors (Lipinski definition) is 0. The van der Waals surface area contributed by atoms with E-state index in [-0.39, 0.29) is 17.6 Å². The second-order valence-electron chi connectivity index (χ2n) is 5.23. The highest BCUT2D eigenvalue weighted by molar-refractivity contribution is 6.13. The van der Waals surface area contributed by atoms with Crippen LogP contribution in [0.3, 0.4) is 0 Å². The molecule has 0 atom stereocenters. The Balaban J connectivity index is 1.73. The number of ether oxygens (including phenoxy) is 2. The lowest BCUT2D eigenvalue weighted by molar-refractivity contribution is -0.117. The zero-order chi connectivity index (χ0) is 15.5. The molecule has 1 saturated heterocycles. The van der Waals surface area contributed by atoms with E-state index in [1.54, 1.807) is 12.1 Å². The van der Waals surface area contributed by atoms with Crippen LogP contribution in [0.5, 0.6) is 5.75 Å². The van der Waals surface area contributed by atoms with Crippen molar-refractivity contribution in [3.63, 3.8) is 0 Å². The normalized spacial score (nSPS) is 19.7. The molecule has 0 unspecified atom stereocenters. The largest absolute Gasteiger partial charge is 0.435 e. The highest BCUT2D eigenvalue weighted by Crippen LogP contribution is 2.28. The van der Waals surface area contributed by atoms with E-state index < -0.39 is 6.61 Å². The maximum absolute atomic E-state index is 12.1. The molecule has 1 aromatic rings. The molecule has 5 nitrogen and oxygen atoms in total. The van der Waals surface area contributed by atoms with Gasteiger partial charge in [-0.3, -0.25) is 4.79 Å². The van der Waals surface area contributed by atoms with Crippen LogP contribution in [0.4, 0.5) is 14.5 Å². The van der Waals surface area contributed by atoms with Gasteiger partial charge in [0.15, 0.2) is 0 Å². The van der Waals surface area contributed by atoms with E-state index >= 15 is 0 Å². The Morgan fingerprint density at radius 2 is 1.91 bits per heavy atom. The van der Waals surface area contributed by atoms with E-state index in [1.807, 2.05) is 0 Å². The zero-order valence-corrected chi connectivity index (χ0v) is 11.9. The highest BCUT2D eigenvalue weighted by atomic mass is 19.3. The summed E-state index contributed by atoms with van der Waals surface area (Å²) in [7, 11) is 0. The highest BCUT2D eigenvalue weighted by Gasteiger charge is 2.31. The van der Waals surface area contributed by atoms with E-state index in [1.165, 1.54) is 17.1 Å². The van der Waals surface area contributed by atoms with Crippen molar-refractivity contribution >= 4 is 17.3 Å². The standard InChI is InChI=1S/C15H16F2N2O3/c16-15(17)22-12-3-1-11(2-4-12)19-14(20)9-13(18-19)10-5-7-21-8-6-10/h1-4,10,15H,5-9H2. The summed E-state index contributed by atoms with van der Waals surface area (Å²) in [5, 5.41) is 5.74. The van der Waals surface area contributed by atoms with E-state index in [9.17, 15) is 13.6 Å². The Morgan fingerprint density at radius 1 is 1.23 bits per heavy atom. The minimum absolute atomic E-state index is 0.0547. The molecule has 2 aliphatic heterocycles. The molecule has 2 heterocycles. The summed E-state index contributed by atoms with van der Waals surface area (Å²) < 4.78 is 33.8. The summed E-state index contributed by atoms with van der Waals surface area (Å²) in [6.45, 7) is -1.48. The fraction of sp³-hybridized carbons (Fsp3) is 0.467. The monoisotopic (exact) mass is 310 g/mol. The second-order valence-corrected chi connectivity index (χ2v) is 5.23. The third kappa shape index (κ3) is 3.24. The van der Waals surface area contributed by atoms with Crippen LogP contribution in [0.25, 0.3) is 0 Å². The van der Waals surface area contributed by atoms with Crippen LogP contribution in [-0.2, 0) is 9.53 Å². The van der Waals surface area contributed by atoms with Crippen LogP contribution in [0.2, 0.25) is 0 Å². The first kappa shape index (κ1) is 14.9. The molecule has 118 valence electrons. The van der Waals surface area contributed by atoms with E-state index in [0.717, 1.165) is 18.6 Å². The fourth-order valence-corrected chi connectivity index (χ4v) is 2.68.